The van der Waals surface area contributed by atoms with Crippen molar-refractivity contribution in [3.63, 3.8) is 0 Å². The van der Waals surface area contributed by atoms with Gasteiger partial charge in [0.15, 0.2) is 0 Å². The zero-order chi connectivity index (χ0) is 15.5. The van der Waals surface area contributed by atoms with Crippen molar-refractivity contribution in [2.75, 3.05) is 20.3 Å². The average molecular weight is 303 g/mol. The number of allylic oxidation sites excluding steroid dienone is 1. The molecular formula is C17H21NO4. The smallest absolute Gasteiger partial charge is 0.290 e. The third-order valence-corrected chi connectivity index (χ3v) is 4.11. The van der Waals surface area contributed by atoms with Gasteiger partial charge < -0.3 is 19.5 Å². The molecule has 0 atom stereocenters. The monoisotopic (exact) mass is 303 g/mol. The molecule has 1 aliphatic carbocycles. The second-order valence-electron chi connectivity index (χ2n) is 5.55. The molecule has 5 heteroatoms. The molecule has 0 bridgehead atoms. The summed E-state index contributed by atoms with van der Waals surface area (Å²) < 4.78 is 16.2. The SMILES string of the molecule is COc1cc2c(cc1CNC(=O)C1=C(C)OCCO1)CCC2. The highest BCUT2D eigenvalue weighted by molar-refractivity contribution is 5.91. The number of carbonyl (C=O) groups is 1. The maximum absolute atomic E-state index is 12.2. The van der Waals surface area contributed by atoms with E-state index >= 15 is 0 Å². The van der Waals surface area contributed by atoms with Crippen molar-refractivity contribution in [2.45, 2.75) is 32.7 Å². The van der Waals surface area contributed by atoms with E-state index in [1.165, 1.54) is 17.5 Å². The summed E-state index contributed by atoms with van der Waals surface area (Å²) in [5, 5.41) is 2.88. The minimum Gasteiger partial charge on any atom is -0.496 e. The standard InChI is InChI=1S/C17H21NO4/c1-11-16(22-7-6-21-11)17(19)18-10-14-8-12-4-3-5-13(12)9-15(14)20-2/h8-9H,3-7,10H2,1-2H3,(H,18,19). The first kappa shape index (κ1) is 14.8. The van der Waals surface area contributed by atoms with Crippen molar-refractivity contribution in [3.05, 3.63) is 40.3 Å². The molecule has 22 heavy (non-hydrogen) atoms. The third-order valence-electron chi connectivity index (χ3n) is 4.11. The molecule has 0 fully saturated rings. The van der Waals surface area contributed by atoms with Gasteiger partial charge in [0, 0.05) is 12.1 Å². The highest BCUT2D eigenvalue weighted by Gasteiger charge is 2.21. The van der Waals surface area contributed by atoms with E-state index in [1.54, 1.807) is 14.0 Å². The Kier molecular flexibility index (Phi) is 4.22. The Morgan fingerprint density at radius 2 is 1.95 bits per heavy atom. The highest BCUT2D eigenvalue weighted by atomic mass is 16.6. The molecule has 0 saturated carbocycles. The Hall–Kier alpha value is -2.17. The molecule has 1 N–H and O–H groups in total. The Bertz CT molecular complexity index is 621. The van der Waals surface area contributed by atoms with Crippen LogP contribution in [0, 0.1) is 0 Å². The fourth-order valence-electron chi connectivity index (χ4n) is 2.97. The van der Waals surface area contributed by atoms with Gasteiger partial charge >= 0.3 is 0 Å². The van der Waals surface area contributed by atoms with Crippen molar-refractivity contribution in [1.82, 2.24) is 5.32 Å². The van der Waals surface area contributed by atoms with Crippen molar-refractivity contribution in [3.8, 4) is 5.75 Å². The zero-order valence-electron chi connectivity index (χ0n) is 13.0. The first-order valence-corrected chi connectivity index (χ1v) is 7.62. The van der Waals surface area contributed by atoms with E-state index in [1.807, 2.05) is 0 Å². The lowest BCUT2D eigenvalue weighted by atomic mass is 10.0. The van der Waals surface area contributed by atoms with Crippen LogP contribution in [0.5, 0.6) is 5.75 Å². The molecule has 1 amide bonds. The first-order valence-electron chi connectivity index (χ1n) is 7.62. The Morgan fingerprint density at radius 3 is 2.68 bits per heavy atom. The molecule has 1 aromatic carbocycles. The van der Waals surface area contributed by atoms with Crippen LogP contribution in [0.1, 0.15) is 30.0 Å². The van der Waals surface area contributed by atoms with Crippen LogP contribution in [0.15, 0.2) is 23.7 Å². The van der Waals surface area contributed by atoms with Crippen molar-refractivity contribution in [1.29, 1.82) is 0 Å². The summed E-state index contributed by atoms with van der Waals surface area (Å²) in [6.45, 7) is 3.04. The van der Waals surface area contributed by atoms with Gasteiger partial charge in [-0.15, -0.1) is 0 Å². The van der Waals surface area contributed by atoms with E-state index in [9.17, 15) is 4.79 Å². The number of nitrogens with one attached hydrogen (secondary N) is 1. The molecule has 1 aromatic rings. The number of fused-ring (bicyclic) bond motifs is 1. The zero-order valence-corrected chi connectivity index (χ0v) is 13.0. The van der Waals surface area contributed by atoms with Crippen LogP contribution in [0.4, 0.5) is 0 Å². The Balaban J connectivity index is 1.72. The van der Waals surface area contributed by atoms with E-state index in [2.05, 4.69) is 17.4 Å². The third kappa shape index (κ3) is 2.89. The van der Waals surface area contributed by atoms with Gasteiger partial charge in [-0.1, -0.05) is 6.07 Å². The van der Waals surface area contributed by atoms with Gasteiger partial charge in [-0.25, -0.2) is 0 Å². The number of amides is 1. The second-order valence-corrected chi connectivity index (χ2v) is 5.55. The van der Waals surface area contributed by atoms with Crippen LogP contribution >= 0.6 is 0 Å². The van der Waals surface area contributed by atoms with Gasteiger partial charge in [-0.2, -0.15) is 0 Å². The van der Waals surface area contributed by atoms with Crippen LogP contribution < -0.4 is 10.1 Å². The summed E-state index contributed by atoms with van der Waals surface area (Å²) >= 11 is 0. The predicted octanol–water partition coefficient (Wildman–Crippen LogP) is 2.08. The summed E-state index contributed by atoms with van der Waals surface area (Å²) in [6.07, 6.45) is 3.39. The maximum atomic E-state index is 12.2. The molecule has 1 aliphatic heterocycles. The molecule has 5 nitrogen and oxygen atoms in total. The minimum atomic E-state index is -0.250. The number of benzene rings is 1. The van der Waals surface area contributed by atoms with Crippen molar-refractivity contribution in [2.24, 2.45) is 0 Å². The lowest BCUT2D eigenvalue weighted by Crippen LogP contribution is -2.29. The first-order chi connectivity index (χ1) is 10.7. The van der Waals surface area contributed by atoms with E-state index < -0.39 is 0 Å². The summed E-state index contributed by atoms with van der Waals surface area (Å²) in [5.74, 6) is 1.38. The lowest BCUT2D eigenvalue weighted by Gasteiger charge is -2.19. The van der Waals surface area contributed by atoms with Gasteiger partial charge in [0.25, 0.3) is 5.91 Å². The molecular weight excluding hydrogens is 282 g/mol. The number of rotatable bonds is 4. The average Bonchev–Trinajstić information content (AvgIpc) is 2.99. The van der Waals surface area contributed by atoms with Gasteiger partial charge in [-0.3, -0.25) is 4.79 Å². The number of carbonyl (C=O) groups excluding carboxylic acids is 1. The van der Waals surface area contributed by atoms with E-state index in [0.29, 0.717) is 25.5 Å². The topological polar surface area (TPSA) is 56.8 Å². The quantitative estimate of drug-likeness (QED) is 0.925. The molecule has 0 radical (unpaired) electrons. The predicted molar refractivity (Wildman–Crippen MR) is 81.5 cm³/mol. The lowest BCUT2D eigenvalue weighted by molar-refractivity contribution is -0.122. The summed E-state index contributed by atoms with van der Waals surface area (Å²) in [6, 6.07) is 4.23. The summed E-state index contributed by atoms with van der Waals surface area (Å²) in [5.41, 5.74) is 3.71. The van der Waals surface area contributed by atoms with Gasteiger partial charge in [0.05, 0.1) is 7.11 Å². The van der Waals surface area contributed by atoms with E-state index in [-0.39, 0.29) is 11.7 Å². The van der Waals surface area contributed by atoms with Crippen LogP contribution in [0.3, 0.4) is 0 Å². The fourth-order valence-corrected chi connectivity index (χ4v) is 2.97. The van der Waals surface area contributed by atoms with E-state index in [0.717, 1.165) is 24.2 Å². The van der Waals surface area contributed by atoms with Gasteiger partial charge in [0.1, 0.15) is 24.7 Å². The van der Waals surface area contributed by atoms with Gasteiger partial charge in [0.2, 0.25) is 5.76 Å². The summed E-state index contributed by atoms with van der Waals surface area (Å²) in [7, 11) is 1.66. The number of hydrogen-bond donors (Lipinski definition) is 1. The molecule has 1 heterocycles. The second kappa shape index (κ2) is 6.30. The molecule has 0 saturated heterocycles. The molecule has 118 valence electrons. The van der Waals surface area contributed by atoms with Crippen molar-refractivity contribution < 1.29 is 19.0 Å². The molecule has 2 aliphatic rings. The number of aryl methyl sites for hydroxylation is 2. The molecule has 0 unspecified atom stereocenters. The normalized spacial score (nSPS) is 16.6. The van der Waals surface area contributed by atoms with Gasteiger partial charge in [-0.05, 0) is 43.4 Å². The van der Waals surface area contributed by atoms with Crippen LogP contribution in [-0.2, 0) is 33.7 Å². The largest absolute Gasteiger partial charge is 0.496 e. The molecule has 3 rings (SSSR count). The van der Waals surface area contributed by atoms with Crippen molar-refractivity contribution >= 4 is 5.91 Å². The fraction of sp³-hybridized carbons (Fsp3) is 0.471. The number of hydrogen-bond acceptors (Lipinski definition) is 4. The van der Waals surface area contributed by atoms with Crippen LogP contribution in [-0.4, -0.2) is 26.2 Å². The number of methoxy groups -OCH3 is 1. The van der Waals surface area contributed by atoms with E-state index in [4.69, 9.17) is 14.2 Å². The molecule has 0 spiro atoms. The Labute approximate surface area is 130 Å². The molecule has 0 aromatic heterocycles. The Morgan fingerprint density at radius 1 is 1.23 bits per heavy atom. The minimum absolute atomic E-state index is 0.250. The van der Waals surface area contributed by atoms with Crippen LogP contribution in [0.2, 0.25) is 0 Å². The number of ether oxygens (including phenoxy) is 3. The maximum Gasteiger partial charge on any atom is 0.290 e. The summed E-state index contributed by atoms with van der Waals surface area (Å²) in [4.78, 5) is 12.2. The highest BCUT2D eigenvalue weighted by Crippen LogP contribution is 2.29. The van der Waals surface area contributed by atoms with Crippen LogP contribution in [0.25, 0.3) is 0 Å².